The van der Waals surface area contributed by atoms with Crippen LogP contribution in [0.2, 0.25) is 5.02 Å². The first-order valence-electron chi connectivity index (χ1n) is 11.9. The number of nitrogens with zero attached hydrogens (tertiary/aromatic N) is 2. The van der Waals surface area contributed by atoms with Gasteiger partial charge in [0.05, 0.1) is 11.1 Å². The molecule has 0 spiro atoms. The van der Waals surface area contributed by atoms with Crippen LogP contribution in [0.25, 0.3) is 10.9 Å². The molecule has 2 aromatic carbocycles. The lowest BCUT2D eigenvalue weighted by molar-refractivity contribution is -0.137. The highest BCUT2D eigenvalue weighted by Gasteiger charge is 2.27. The molecule has 0 aliphatic carbocycles. The fraction of sp³-hybridized carbons (Fsp3) is 0.370. The van der Waals surface area contributed by atoms with E-state index in [9.17, 15) is 14.7 Å². The second kappa shape index (κ2) is 11.0. The van der Waals surface area contributed by atoms with Gasteiger partial charge in [0.25, 0.3) is 5.91 Å². The molecule has 4 rings (SSSR count). The average Bonchev–Trinajstić information content (AvgIpc) is 3.24. The van der Waals surface area contributed by atoms with Gasteiger partial charge in [-0.1, -0.05) is 45.7 Å². The summed E-state index contributed by atoms with van der Waals surface area (Å²) < 4.78 is 0.873. The number of amides is 1. The van der Waals surface area contributed by atoms with Gasteiger partial charge < -0.3 is 15.3 Å². The Morgan fingerprint density at radius 3 is 2.74 bits per heavy atom. The van der Waals surface area contributed by atoms with E-state index in [4.69, 9.17) is 16.6 Å². The van der Waals surface area contributed by atoms with Crippen molar-refractivity contribution in [3.63, 3.8) is 0 Å². The van der Waals surface area contributed by atoms with Crippen molar-refractivity contribution in [2.24, 2.45) is 0 Å². The molecular weight excluding hydrogens is 530 g/mol. The highest BCUT2D eigenvalue weighted by Crippen LogP contribution is 2.34. The average molecular weight is 559 g/mol. The number of carbonyl (C=O) groups is 2. The van der Waals surface area contributed by atoms with Gasteiger partial charge in [-0.15, -0.1) is 0 Å². The fourth-order valence-corrected chi connectivity index (χ4v) is 5.56. The van der Waals surface area contributed by atoms with Gasteiger partial charge >= 0.3 is 5.97 Å². The van der Waals surface area contributed by atoms with E-state index in [1.807, 2.05) is 43.3 Å². The topological polar surface area (TPSA) is 82.5 Å². The molecule has 3 aromatic rings. The standard InChI is InChI=1S/C27H29BrClN3O3/c1-16-6-5-13-32(16)26-17(2)25(21-14-19(28)10-11-23(21)31-26)27(35)30-15-18(9-12-24(33)34)20-7-3-4-8-22(20)29/h3-4,7-8,10-11,14,16,18H,5-6,9,12-13,15H2,1-2H3,(H,30,35)(H,33,34)/t16-,18+/m0/s1. The quantitative estimate of drug-likeness (QED) is 0.338. The summed E-state index contributed by atoms with van der Waals surface area (Å²) in [5.74, 6) is -0.447. The van der Waals surface area contributed by atoms with Crippen LogP contribution in [0.15, 0.2) is 46.9 Å². The van der Waals surface area contributed by atoms with Crippen LogP contribution in [0, 0.1) is 6.92 Å². The van der Waals surface area contributed by atoms with E-state index in [0.29, 0.717) is 23.0 Å². The van der Waals surface area contributed by atoms with Crippen LogP contribution in [0.5, 0.6) is 0 Å². The number of aliphatic carboxylic acids is 1. The summed E-state index contributed by atoms with van der Waals surface area (Å²) in [6.45, 7) is 5.35. The van der Waals surface area contributed by atoms with E-state index in [1.165, 1.54) is 0 Å². The molecule has 8 heteroatoms. The van der Waals surface area contributed by atoms with Gasteiger partial charge in [-0.05, 0) is 62.9 Å². The number of carbonyl (C=O) groups excluding carboxylic acids is 1. The number of halogens is 2. The predicted molar refractivity (Wildman–Crippen MR) is 144 cm³/mol. The van der Waals surface area contributed by atoms with Crippen LogP contribution in [0.1, 0.15) is 60.0 Å². The molecule has 35 heavy (non-hydrogen) atoms. The molecule has 184 valence electrons. The van der Waals surface area contributed by atoms with Crippen LogP contribution < -0.4 is 10.2 Å². The summed E-state index contributed by atoms with van der Waals surface area (Å²) >= 11 is 9.94. The van der Waals surface area contributed by atoms with Gasteiger partial charge in [0.1, 0.15) is 5.82 Å². The van der Waals surface area contributed by atoms with Gasteiger partial charge in [0.2, 0.25) is 0 Å². The Hall–Kier alpha value is -2.64. The minimum absolute atomic E-state index is 0.00702. The smallest absolute Gasteiger partial charge is 0.303 e. The monoisotopic (exact) mass is 557 g/mol. The number of hydrogen-bond donors (Lipinski definition) is 2. The SMILES string of the molecule is Cc1c(N2CCC[C@@H]2C)nc2ccc(Br)cc2c1C(=O)NC[C@@H](CCC(=O)O)c1ccccc1Cl. The molecule has 1 fully saturated rings. The Labute approximate surface area is 218 Å². The van der Waals surface area contributed by atoms with E-state index >= 15 is 0 Å². The number of nitrogens with one attached hydrogen (secondary N) is 1. The van der Waals surface area contributed by atoms with Crippen molar-refractivity contribution >= 4 is 56.1 Å². The third-order valence-electron chi connectivity index (χ3n) is 6.78. The van der Waals surface area contributed by atoms with Crippen molar-refractivity contribution in [3.05, 3.63) is 68.7 Å². The Morgan fingerprint density at radius 2 is 2.06 bits per heavy atom. The summed E-state index contributed by atoms with van der Waals surface area (Å²) in [5, 5.41) is 13.7. The summed E-state index contributed by atoms with van der Waals surface area (Å²) in [4.78, 5) is 32.2. The minimum Gasteiger partial charge on any atom is -0.481 e. The zero-order valence-electron chi connectivity index (χ0n) is 19.9. The number of benzene rings is 2. The maximum atomic E-state index is 13.7. The van der Waals surface area contributed by atoms with Crippen molar-refractivity contribution in [1.29, 1.82) is 0 Å². The van der Waals surface area contributed by atoms with E-state index in [0.717, 1.165) is 51.7 Å². The maximum absolute atomic E-state index is 13.7. The summed E-state index contributed by atoms with van der Waals surface area (Å²) in [6.07, 6.45) is 2.57. The van der Waals surface area contributed by atoms with E-state index < -0.39 is 5.97 Å². The Balaban J connectivity index is 1.69. The molecule has 2 N–H and O–H groups in total. The molecule has 1 amide bonds. The number of rotatable bonds is 8. The Bertz CT molecular complexity index is 1270. The molecular formula is C27H29BrClN3O3. The van der Waals surface area contributed by atoms with Crippen molar-refractivity contribution in [2.45, 2.75) is 51.5 Å². The highest BCUT2D eigenvalue weighted by molar-refractivity contribution is 9.10. The zero-order chi connectivity index (χ0) is 25.1. The maximum Gasteiger partial charge on any atom is 0.303 e. The van der Waals surface area contributed by atoms with Crippen LogP contribution in [-0.4, -0.2) is 41.1 Å². The van der Waals surface area contributed by atoms with E-state index in [2.05, 4.69) is 33.1 Å². The molecule has 0 saturated carbocycles. The number of carboxylic acid groups (broad SMARTS) is 1. The van der Waals surface area contributed by atoms with E-state index in [1.54, 1.807) is 6.07 Å². The molecule has 1 aromatic heterocycles. The van der Waals surface area contributed by atoms with E-state index in [-0.39, 0.29) is 24.8 Å². The first-order chi connectivity index (χ1) is 16.8. The molecule has 1 aliphatic heterocycles. The zero-order valence-corrected chi connectivity index (χ0v) is 22.2. The van der Waals surface area contributed by atoms with Gasteiger partial charge in [0.15, 0.2) is 0 Å². The highest BCUT2D eigenvalue weighted by atomic mass is 79.9. The number of pyridine rings is 1. The second-order valence-electron chi connectivity index (χ2n) is 9.14. The predicted octanol–water partition coefficient (Wildman–Crippen LogP) is 6.33. The molecule has 1 saturated heterocycles. The lowest BCUT2D eigenvalue weighted by Gasteiger charge is -2.26. The third kappa shape index (κ3) is 5.62. The fourth-order valence-electron chi connectivity index (χ4n) is 4.91. The first-order valence-corrected chi connectivity index (χ1v) is 13.0. The normalized spacial score (nSPS) is 16.5. The number of anilines is 1. The number of carboxylic acids is 1. The van der Waals surface area contributed by atoms with Gasteiger partial charge in [-0.3, -0.25) is 9.59 Å². The molecule has 2 heterocycles. The molecule has 0 bridgehead atoms. The van der Waals surface area contributed by atoms with Crippen LogP contribution >= 0.6 is 27.5 Å². The number of aromatic nitrogens is 1. The summed E-state index contributed by atoms with van der Waals surface area (Å²) in [5.41, 5.74) is 3.05. The van der Waals surface area contributed by atoms with Gasteiger partial charge in [-0.25, -0.2) is 4.98 Å². The number of hydrogen-bond acceptors (Lipinski definition) is 4. The minimum atomic E-state index is -0.876. The van der Waals surface area contributed by atoms with Crippen LogP contribution in [0.4, 0.5) is 5.82 Å². The molecule has 6 nitrogen and oxygen atoms in total. The van der Waals surface area contributed by atoms with Gasteiger partial charge in [-0.2, -0.15) is 0 Å². The summed E-state index contributed by atoms with van der Waals surface area (Å²) in [6, 6.07) is 13.5. The van der Waals surface area contributed by atoms with Crippen molar-refractivity contribution < 1.29 is 14.7 Å². The molecule has 0 radical (unpaired) electrons. The third-order valence-corrected chi connectivity index (χ3v) is 7.61. The van der Waals surface area contributed by atoms with Crippen molar-refractivity contribution in [2.75, 3.05) is 18.0 Å². The first kappa shape index (κ1) is 25.5. The molecule has 1 aliphatic rings. The Morgan fingerprint density at radius 1 is 1.29 bits per heavy atom. The molecule has 2 atom stereocenters. The van der Waals surface area contributed by atoms with Crippen molar-refractivity contribution in [3.8, 4) is 0 Å². The number of fused-ring (bicyclic) bond motifs is 1. The largest absolute Gasteiger partial charge is 0.481 e. The lowest BCUT2D eigenvalue weighted by Crippen LogP contribution is -2.32. The van der Waals surface area contributed by atoms with Crippen molar-refractivity contribution in [1.82, 2.24) is 10.3 Å². The second-order valence-corrected chi connectivity index (χ2v) is 10.5. The summed E-state index contributed by atoms with van der Waals surface area (Å²) in [7, 11) is 0. The molecule has 0 unspecified atom stereocenters. The van der Waals surface area contributed by atoms with Crippen LogP contribution in [-0.2, 0) is 4.79 Å². The van der Waals surface area contributed by atoms with Gasteiger partial charge in [0, 0.05) is 51.9 Å². The van der Waals surface area contributed by atoms with Crippen LogP contribution in [0.3, 0.4) is 0 Å². The lowest BCUT2D eigenvalue weighted by atomic mass is 9.93. The Kier molecular flexibility index (Phi) is 7.97.